The molecular weight excluding hydrogens is 171 g/mol. The van der Waals surface area contributed by atoms with E-state index in [0.717, 1.165) is 0 Å². The van der Waals surface area contributed by atoms with Crippen molar-refractivity contribution in [3.05, 3.63) is 0 Å². The number of hydrogen-bond donors (Lipinski definition) is 2. The van der Waals surface area contributed by atoms with Crippen LogP contribution in [0.25, 0.3) is 0 Å². The molecule has 0 bridgehead atoms. The number of hydrogen-bond acceptors (Lipinski definition) is 2. The highest BCUT2D eigenvalue weighted by Gasteiger charge is 2.37. The Bertz CT molecular complexity index is 116. The molecule has 0 saturated carbocycles. The normalized spacial score (nSPS) is 14.8. The fourth-order valence-corrected chi connectivity index (χ4v) is 0.803. The zero-order chi connectivity index (χ0) is 9.61. The maximum absolute atomic E-state index is 11.7. The molecule has 74 valence electrons. The first kappa shape index (κ1) is 11.7. The van der Waals surface area contributed by atoms with Gasteiger partial charge in [0.05, 0.1) is 0 Å². The molecule has 1 unspecified atom stereocenters. The fourth-order valence-electron chi connectivity index (χ4n) is 0.803. The molecule has 0 aromatic rings. The van der Waals surface area contributed by atoms with Gasteiger partial charge in [0.2, 0.25) is 0 Å². The Morgan fingerprint density at radius 2 is 1.92 bits per heavy atom. The molecule has 0 amide bonds. The molecule has 5 heteroatoms. The molecule has 12 heavy (non-hydrogen) atoms. The minimum atomic E-state index is -4.46. The van der Waals surface area contributed by atoms with E-state index in [9.17, 15) is 13.2 Å². The van der Waals surface area contributed by atoms with E-state index in [1.54, 1.807) is 7.05 Å². The van der Waals surface area contributed by atoms with Crippen molar-refractivity contribution in [1.29, 1.82) is 0 Å². The van der Waals surface area contributed by atoms with Crippen molar-refractivity contribution in [3.63, 3.8) is 0 Å². The average Bonchev–Trinajstić information content (AvgIpc) is 1.96. The van der Waals surface area contributed by atoms with Gasteiger partial charge in [0, 0.05) is 0 Å². The molecule has 0 fully saturated rings. The molecule has 0 heterocycles. The Morgan fingerprint density at radius 1 is 1.33 bits per heavy atom. The first-order valence-electron chi connectivity index (χ1n) is 3.88. The van der Waals surface area contributed by atoms with Crippen LogP contribution in [0.3, 0.4) is 0 Å². The minimum Gasteiger partial charge on any atom is -0.384 e. The second-order valence-corrected chi connectivity index (χ2v) is 2.66. The predicted molar refractivity (Wildman–Crippen MR) is 39.8 cm³/mol. The van der Waals surface area contributed by atoms with Crippen LogP contribution < -0.4 is 5.32 Å². The van der Waals surface area contributed by atoms with E-state index in [0.29, 0.717) is 19.4 Å². The molecule has 0 spiro atoms. The van der Waals surface area contributed by atoms with Gasteiger partial charge in [0.1, 0.15) is 6.10 Å². The number of aliphatic hydroxyl groups is 1. The number of alkyl halides is 3. The highest BCUT2D eigenvalue weighted by Crippen LogP contribution is 2.23. The van der Waals surface area contributed by atoms with Crippen molar-refractivity contribution in [2.75, 3.05) is 13.6 Å². The number of halogens is 3. The highest BCUT2D eigenvalue weighted by atomic mass is 19.4. The van der Waals surface area contributed by atoms with Crippen LogP contribution in [-0.4, -0.2) is 31.0 Å². The predicted octanol–water partition coefficient (Wildman–Crippen LogP) is 1.30. The van der Waals surface area contributed by atoms with Gasteiger partial charge in [-0.15, -0.1) is 0 Å². The third-order valence-corrected chi connectivity index (χ3v) is 1.53. The highest BCUT2D eigenvalue weighted by molar-refractivity contribution is 4.64. The molecule has 0 rings (SSSR count). The zero-order valence-electron chi connectivity index (χ0n) is 6.99. The monoisotopic (exact) mass is 185 g/mol. The minimum absolute atomic E-state index is 0.203. The SMILES string of the molecule is CNCCCCC(O)C(F)(F)F. The first-order chi connectivity index (χ1) is 5.48. The number of aliphatic hydroxyl groups excluding tert-OH is 1. The Morgan fingerprint density at radius 3 is 2.33 bits per heavy atom. The topological polar surface area (TPSA) is 32.3 Å². The van der Waals surface area contributed by atoms with Crippen molar-refractivity contribution in [3.8, 4) is 0 Å². The van der Waals surface area contributed by atoms with Crippen LogP contribution >= 0.6 is 0 Å². The van der Waals surface area contributed by atoms with E-state index in [-0.39, 0.29) is 6.42 Å². The van der Waals surface area contributed by atoms with E-state index in [1.165, 1.54) is 0 Å². The summed E-state index contributed by atoms with van der Waals surface area (Å²) in [6.07, 6.45) is -5.77. The van der Waals surface area contributed by atoms with E-state index < -0.39 is 12.3 Å². The van der Waals surface area contributed by atoms with Crippen LogP contribution in [-0.2, 0) is 0 Å². The van der Waals surface area contributed by atoms with E-state index >= 15 is 0 Å². The molecule has 0 aromatic carbocycles. The standard InChI is InChI=1S/C7H14F3NO/c1-11-5-3-2-4-6(12)7(8,9)10/h6,11-12H,2-5H2,1H3. The smallest absolute Gasteiger partial charge is 0.384 e. The van der Waals surface area contributed by atoms with Crippen LogP contribution in [0, 0.1) is 0 Å². The summed E-state index contributed by atoms with van der Waals surface area (Å²) < 4.78 is 35.1. The maximum Gasteiger partial charge on any atom is 0.414 e. The van der Waals surface area contributed by atoms with Gasteiger partial charge in [-0.25, -0.2) is 0 Å². The molecule has 0 radical (unpaired) electrons. The van der Waals surface area contributed by atoms with Crippen LogP contribution in [0.15, 0.2) is 0 Å². The van der Waals surface area contributed by atoms with Gasteiger partial charge in [-0.2, -0.15) is 13.2 Å². The van der Waals surface area contributed by atoms with E-state index in [4.69, 9.17) is 5.11 Å². The lowest BCUT2D eigenvalue weighted by Crippen LogP contribution is -2.28. The second-order valence-electron chi connectivity index (χ2n) is 2.66. The van der Waals surface area contributed by atoms with Gasteiger partial charge in [-0.05, 0) is 32.9 Å². The summed E-state index contributed by atoms with van der Waals surface area (Å²) in [6.45, 7) is 0.685. The van der Waals surface area contributed by atoms with Gasteiger partial charge in [-0.3, -0.25) is 0 Å². The van der Waals surface area contributed by atoms with Crippen molar-refractivity contribution < 1.29 is 18.3 Å². The quantitative estimate of drug-likeness (QED) is 0.633. The molecular formula is C7H14F3NO. The van der Waals surface area contributed by atoms with Gasteiger partial charge < -0.3 is 10.4 Å². The summed E-state index contributed by atoms with van der Waals surface area (Å²) in [4.78, 5) is 0. The molecule has 0 aliphatic heterocycles. The second kappa shape index (κ2) is 5.37. The summed E-state index contributed by atoms with van der Waals surface area (Å²) in [5.74, 6) is 0. The third-order valence-electron chi connectivity index (χ3n) is 1.53. The lowest BCUT2D eigenvalue weighted by molar-refractivity contribution is -0.205. The number of unbranched alkanes of at least 4 members (excludes halogenated alkanes) is 1. The third kappa shape index (κ3) is 5.37. The molecule has 0 aliphatic rings. The van der Waals surface area contributed by atoms with Gasteiger partial charge in [0.15, 0.2) is 0 Å². The maximum atomic E-state index is 11.7. The van der Waals surface area contributed by atoms with Crippen LogP contribution in [0.4, 0.5) is 13.2 Å². The van der Waals surface area contributed by atoms with Crippen LogP contribution in [0.1, 0.15) is 19.3 Å². The molecule has 0 saturated heterocycles. The lowest BCUT2D eigenvalue weighted by Gasteiger charge is -2.13. The average molecular weight is 185 g/mol. The van der Waals surface area contributed by atoms with Gasteiger partial charge in [0.25, 0.3) is 0 Å². The zero-order valence-corrected chi connectivity index (χ0v) is 6.99. The molecule has 2 nitrogen and oxygen atoms in total. The fraction of sp³-hybridized carbons (Fsp3) is 1.00. The Kier molecular flexibility index (Phi) is 5.24. The van der Waals surface area contributed by atoms with Crippen LogP contribution in [0.2, 0.25) is 0 Å². The summed E-state index contributed by atoms with van der Waals surface area (Å²) in [5.41, 5.74) is 0. The summed E-state index contributed by atoms with van der Waals surface area (Å²) >= 11 is 0. The first-order valence-corrected chi connectivity index (χ1v) is 3.88. The summed E-state index contributed by atoms with van der Waals surface area (Å²) in [7, 11) is 1.74. The van der Waals surface area contributed by atoms with Crippen molar-refractivity contribution >= 4 is 0 Å². The van der Waals surface area contributed by atoms with Crippen LogP contribution in [0.5, 0.6) is 0 Å². The largest absolute Gasteiger partial charge is 0.414 e. The van der Waals surface area contributed by atoms with E-state index in [2.05, 4.69) is 5.32 Å². The lowest BCUT2D eigenvalue weighted by atomic mass is 10.1. The molecule has 2 N–H and O–H groups in total. The van der Waals surface area contributed by atoms with Crippen molar-refractivity contribution in [2.45, 2.75) is 31.5 Å². The summed E-state index contributed by atoms with van der Waals surface area (Å²) in [5, 5.41) is 11.4. The van der Waals surface area contributed by atoms with Gasteiger partial charge in [-0.1, -0.05) is 0 Å². The van der Waals surface area contributed by atoms with Crippen molar-refractivity contribution in [1.82, 2.24) is 5.32 Å². The van der Waals surface area contributed by atoms with Gasteiger partial charge >= 0.3 is 6.18 Å². The Hall–Kier alpha value is -0.290. The van der Waals surface area contributed by atoms with Crippen molar-refractivity contribution in [2.24, 2.45) is 0 Å². The summed E-state index contributed by atoms with van der Waals surface area (Å²) in [6, 6.07) is 0. The Balaban J connectivity index is 3.38. The Labute approximate surface area is 69.8 Å². The molecule has 0 aromatic heterocycles. The molecule has 0 aliphatic carbocycles. The van der Waals surface area contributed by atoms with E-state index in [1.807, 2.05) is 0 Å². The molecule has 1 atom stereocenters. The number of nitrogens with one attached hydrogen (secondary N) is 1. The number of rotatable bonds is 5.